The van der Waals surface area contributed by atoms with Crippen LogP contribution >= 0.6 is 6.81 Å². The fourth-order valence-electron chi connectivity index (χ4n) is 4.35. The number of hydrogen-bond donors (Lipinski definition) is 0. The van der Waals surface area contributed by atoms with Crippen LogP contribution in [0.1, 0.15) is 136 Å². The Hall–Kier alpha value is 0.864. The minimum Gasteiger partial charge on any atom is -0.0654 e. The average Bonchev–Trinajstić information content (AvgIpc) is 2.69. The van der Waals surface area contributed by atoms with Crippen LogP contribution in [0.2, 0.25) is 0 Å². The monoisotopic (exact) mass is 430 g/mol. The van der Waals surface area contributed by atoms with Crippen LogP contribution in [-0.4, -0.2) is 37.0 Å². The molecular formula is C24H55PSi2+. The molecule has 0 unspecified atom stereocenters. The molecular weight excluding hydrogens is 375 g/mol. The molecule has 0 amide bonds. The van der Waals surface area contributed by atoms with E-state index in [4.69, 9.17) is 0 Å². The quantitative estimate of drug-likeness (QED) is 0.0936. The lowest BCUT2D eigenvalue weighted by Gasteiger charge is -2.28. The zero-order chi connectivity index (χ0) is 20.1. The maximum Gasteiger partial charge on any atom is 0.175 e. The Balaban J connectivity index is 4.23. The Morgan fingerprint density at radius 1 is 0.444 bits per heavy atom. The van der Waals surface area contributed by atoms with Crippen molar-refractivity contribution in [1.82, 2.24) is 0 Å². The van der Waals surface area contributed by atoms with E-state index in [1.165, 1.54) is 96.3 Å². The summed E-state index contributed by atoms with van der Waals surface area (Å²) in [5.74, 6) is 0. The fraction of sp³-hybridized carbons (Fsp3) is 1.00. The van der Waals surface area contributed by atoms with Crippen LogP contribution in [0.5, 0.6) is 0 Å². The Labute approximate surface area is 180 Å². The Bertz CT molecular complexity index is 243. The Morgan fingerprint density at radius 3 is 0.963 bits per heavy atom. The first kappa shape index (κ1) is 27.9. The Morgan fingerprint density at radius 2 is 0.704 bits per heavy atom. The maximum atomic E-state index is 2.46. The van der Waals surface area contributed by atoms with Crippen LogP contribution in [0, 0.1) is 0 Å². The van der Waals surface area contributed by atoms with E-state index in [1.807, 2.05) is 0 Å². The molecule has 0 aromatic rings. The summed E-state index contributed by atoms with van der Waals surface area (Å²) in [5.41, 5.74) is 0. The summed E-state index contributed by atoms with van der Waals surface area (Å²) in [6, 6.07) is 0. The third-order valence-electron chi connectivity index (χ3n) is 6.43. The predicted octanol–water partition coefficient (Wildman–Crippen LogP) is 7.72. The van der Waals surface area contributed by atoms with Crippen molar-refractivity contribution < 1.29 is 0 Å². The van der Waals surface area contributed by atoms with E-state index in [9.17, 15) is 0 Å². The van der Waals surface area contributed by atoms with Gasteiger partial charge in [-0.1, -0.05) is 97.8 Å². The van der Waals surface area contributed by atoms with Gasteiger partial charge in [0.05, 0.1) is 0 Å². The van der Waals surface area contributed by atoms with Gasteiger partial charge >= 0.3 is 0 Å². The van der Waals surface area contributed by atoms with Crippen LogP contribution in [0.3, 0.4) is 0 Å². The summed E-state index contributed by atoms with van der Waals surface area (Å²) >= 11 is 0. The number of hydrogen-bond acceptors (Lipinski definition) is 0. The minimum atomic E-state index is -0.493. The molecule has 1 radical (unpaired) electrons. The zero-order valence-corrected chi connectivity index (χ0v) is 23.4. The van der Waals surface area contributed by atoms with E-state index < -0.39 is 6.81 Å². The highest BCUT2D eigenvalue weighted by Gasteiger charge is 2.32. The lowest BCUT2D eigenvalue weighted by molar-refractivity contribution is 0.617. The van der Waals surface area contributed by atoms with Gasteiger partial charge in [0.15, 0.2) is 8.70 Å². The van der Waals surface area contributed by atoms with Crippen molar-refractivity contribution in [3.8, 4) is 0 Å². The van der Waals surface area contributed by atoms with Crippen molar-refractivity contribution in [3.63, 3.8) is 0 Å². The highest BCUT2D eigenvalue weighted by atomic mass is 31.5. The number of unbranched alkanes of at least 4 members (excludes halogenated alkanes) is 15. The van der Waals surface area contributed by atoms with E-state index in [0.717, 1.165) is 0 Å². The molecule has 0 saturated carbocycles. The van der Waals surface area contributed by atoms with E-state index in [0.29, 0.717) is 0 Å². The molecule has 0 fully saturated rings. The minimum absolute atomic E-state index is 0.228. The molecule has 0 bridgehead atoms. The second kappa shape index (κ2) is 21.6. The molecule has 27 heavy (non-hydrogen) atoms. The molecule has 0 aromatic heterocycles. The van der Waals surface area contributed by atoms with Crippen molar-refractivity contribution in [3.05, 3.63) is 0 Å². The average molecular weight is 431 g/mol. The third-order valence-corrected chi connectivity index (χ3v) is 25.4. The van der Waals surface area contributed by atoms with Gasteiger partial charge in [-0.25, -0.2) is 0 Å². The summed E-state index contributed by atoms with van der Waals surface area (Å²) in [7, 11) is 2.69. The van der Waals surface area contributed by atoms with E-state index >= 15 is 0 Å². The predicted molar refractivity (Wildman–Crippen MR) is 139 cm³/mol. The van der Waals surface area contributed by atoms with Gasteiger partial charge in [-0.2, -0.15) is 0 Å². The van der Waals surface area contributed by atoms with Gasteiger partial charge in [-0.05, 0) is 45.3 Å². The molecule has 0 heterocycles. The van der Waals surface area contributed by atoms with Gasteiger partial charge in [-0.15, -0.1) is 0 Å². The molecule has 0 atom stereocenters. The summed E-state index contributed by atoms with van der Waals surface area (Å²) < 4.78 is 0. The molecule has 0 rings (SSSR count). The van der Waals surface area contributed by atoms with Crippen LogP contribution in [0.4, 0.5) is 0 Å². The van der Waals surface area contributed by atoms with Crippen molar-refractivity contribution >= 4 is 25.3 Å². The van der Waals surface area contributed by atoms with E-state index in [1.54, 1.807) is 37.7 Å². The second-order valence-electron chi connectivity index (χ2n) is 9.04. The normalized spacial score (nSPS) is 12.4. The van der Waals surface area contributed by atoms with Crippen LogP contribution in [-0.2, 0) is 0 Å². The van der Waals surface area contributed by atoms with E-state index in [2.05, 4.69) is 30.5 Å². The summed E-state index contributed by atoms with van der Waals surface area (Å²) in [6.45, 7) is 6.51. The lowest BCUT2D eigenvalue weighted by atomic mass is 10.1. The highest BCUT2D eigenvalue weighted by molar-refractivity contribution is 8.05. The van der Waals surface area contributed by atoms with Crippen LogP contribution < -0.4 is 0 Å². The van der Waals surface area contributed by atoms with Crippen molar-refractivity contribution in [1.29, 1.82) is 0 Å². The zero-order valence-electron chi connectivity index (χ0n) is 19.7. The standard InChI is InChI=1S/C24H55PSi2/c1-4-7-10-13-16-19-22-25(27-26,23-20-17-14-11-8-5-2)24-21-18-15-12-9-6-3/h4-24,26-27H2,1-3H3/q+1. The molecule has 3 heteroatoms. The molecule has 0 spiro atoms. The van der Waals surface area contributed by atoms with Gasteiger partial charge in [0, 0.05) is 28.2 Å². The smallest absolute Gasteiger partial charge is 0.0654 e. The topological polar surface area (TPSA) is 0 Å². The third kappa shape index (κ3) is 17.4. The first-order valence-corrected chi connectivity index (χ1v) is 21.3. The molecule has 0 nitrogen and oxygen atoms in total. The molecule has 0 saturated heterocycles. The van der Waals surface area contributed by atoms with Gasteiger partial charge < -0.3 is 0 Å². The van der Waals surface area contributed by atoms with E-state index in [-0.39, 0.29) is 8.70 Å². The first-order chi connectivity index (χ1) is 13.2. The fourth-order valence-corrected chi connectivity index (χ4v) is 18.4. The second-order valence-corrected chi connectivity index (χ2v) is 22.9. The largest absolute Gasteiger partial charge is 0.175 e. The van der Waals surface area contributed by atoms with Crippen molar-refractivity contribution in [2.24, 2.45) is 0 Å². The lowest BCUT2D eigenvalue weighted by Crippen LogP contribution is -2.15. The van der Waals surface area contributed by atoms with Crippen molar-refractivity contribution in [2.45, 2.75) is 136 Å². The maximum absolute atomic E-state index is 2.46. The first-order valence-electron chi connectivity index (χ1n) is 12.9. The molecule has 163 valence electrons. The molecule has 0 aliphatic rings. The molecule has 0 aromatic carbocycles. The summed E-state index contributed by atoms with van der Waals surface area (Å²) in [4.78, 5) is 0. The molecule has 0 aliphatic carbocycles. The van der Waals surface area contributed by atoms with Crippen LogP contribution in [0.25, 0.3) is 0 Å². The number of rotatable bonds is 22. The van der Waals surface area contributed by atoms with Crippen LogP contribution in [0.15, 0.2) is 0 Å². The van der Waals surface area contributed by atoms with Gasteiger partial charge in [0.25, 0.3) is 0 Å². The van der Waals surface area contributed by atoms with Gasteiger partial charge in [0.2, 0.25) is 0 Å². The van der Waals surface area contributed by atoms with Gasteiger partial charge in [0.1, 0.15) is 0 Å². The highest BCUT2D eigenvalue weighted by Crippen LogP contribution is 2.58. The van der Waals surface area contributed by atoms with Crippen molar-refractivity contribution in [2.75, 3.05) is 18.5 Å². The summed E-state index contributed by atoms with van der Waals surface area (Å²) in [5, 5.41) is 0. The van der Waals surface area contributed by atoms with Gasteiger partial charge in [-0.3, -0.25) is 0 Å². The Kier molecular flexibility index (Phi) is 22.3. The molecule has 0 N–H and O–H groups in total. The SMILES string of the molecule is CCCCCCCC[P+](CCCCCCCC)(CCCCCCCC)[SiH2][SiH2]. The molecule has 0 aliphatic heterocycles. The summed E-state index contributed by atoms with van der Waals surface area (Å²) in [6.07, 6.45) is 31.9.